The predicted molar refractivity (Wildman–Crippen MR) is 88.2 cm³/mol. The van der Waals surface area contributed by atoms with Gasteiger partial charge in [0.25, 0.3) is 0 Å². The summed E-state index contributed by atoms with van der Waals surface area (Å²) in [4.78, 5) is 18.0. The molecular weight excluding hydrogens is 330 g/mol. The first-order valence-electron chi connectivity index (χ1n) is 8.01. The van der Waals surface area contributed by atoms with Crippen molar-refractivity contribution in [3.05, 3.63) is 40.3 Å². The third-order valence-electron chi connectivity index (χ3n) is 4.50. The monoisotopic (exact) mass is 351 g/mol. The first-order chi connectivity index (χ1) is 11.4. The summed E-state index contributed by atoms with van der Waals surface area (Å²) in [5.74, 6) is -0.0363. The Morgan fingerprint density at radius 2 is 2.21 bits per heavy atom. The van der Waals surface area contributed by atoms with E-state index in [0.29, 0.717) is 25.3 Å². The number of hydrogen-bond donors (Lipinski definition) is 1. The largest absolute Gasteiger partial charge is 0.345 e. The SMILES string of the molecule is CCn1ncc(S(=O)(=O)N2CCC[C@@H](c3ccnc(=O)[nH]3)C2)c1C. The van der Waals surface area contributed by atoms with Crippen LogP contribution in [0.4, 0.5) is 0 Å². The molecule has 2 aromatic rings. The van der Waals surface area contributed by atoms with Crippen LogP contribution in [0, 0.1) is 6.92 Å². The van der Waals surface area contributed by atoms with E-state index in [-0.39, 0.29) is 10.8 Å². The molecule has 3 rings (SSSR count). The summed E-state index contributed by atoms with van der Waals surface area (Å²) in [5.41, 5.74) is 0.973. The Labute approximate surface area is 140 Å². The van der Waals surface area contributed by atoms with Crippen LogP contribution in [0.2, 0.25) is 0 Å². The highest BCUT2D eigenvalue weighted by atomic mass is 32.2. The molecule has 1 aliphatic rings. The Bertz CT molecular complexity index is 887. The highest BCUT2D eigenvalue weighted by Gasteiger charge is 2.33. The Morgan fingerprint density at radius 3 is 2.88 bits per heavy atom. The van der Waals surface area contributed by atoms with Gasteiger partial charge in [-0.3, -0.25) is 4.68 Å². The molecule has 130 valence electrons. The maximum Gasteiger partial charge on any atom is 0.345 e. The molecule has 2 aromatic heterocycles. The minimum absolute atomic E-state index is 0.0363. The molecule has 0 amide bonds. The first kappa shape index (κ1) is 16.8. The lowest BCUT2D eigenvalue weighted by molar-refractivity contribution is 0.312. The molecule has 0 spiro atoms. The van der Waals surface area contributed by atoms with Gasteiger partial charge in [-0.15, -0.1) is 0 Å². The van der Waals surface area contributed by atoms with Gasteiger partial charge in [-0.25, -0.2) is 18.2 Å². The van der Waals surface area contributed by atoms with Crippen LogP contribution in [-0.4, -0.2) is 45.6 Å². The van der Waals surface area contributed by atoms with E-state index in [0.717, 1.165) is 18.5 Å². The number of sulfonamides is 1. The number of aromatic amines is 1. The standard InChI is InChI=1S/C15H21N5O3S/c1-3-20-11(2)14(9-17-20)24(22,23)19-8-4-5-12(10-19)13-6-7-16-15(21)18-13/h6-7,9,12H,3-5,8,10H2,1-2H3,(H,16,18,21)/t12-/m1/s1. The molecule has 0 radical (unpaired) electrons. The van der Waals surface area contributed by atoms with Crippen molar-refractivity contribution < 1.29 is 8.42 Å². The number of aryl methyl sites for hydroxylation is 1. The molecule has 0 aliphatic carbocycles. The second-order valence-electron chi connectivity index (χ2n) is 5.94. The van der Waals surface area contributed by atoms with Crippen molar-refractivity contribution >= 4 is 10.0 Å². The van der Waals surface area contributed by atoms with E-state index in [2.05, 4.69) is 15.1 Å². The summed E-state index contributed by atoms with van der Waals surface area (Å²) >= 11 is 0. The number of aromatic nitrogens is 4. The maximum absolute atomic E-state index is 13.0. The van der Waals surface area contributed by atoms with Gasteiger partial charge in [0.05, 0.1) is 11.9 Å². The van der Waals surface area contributed by atoms with Crippen molar-refractivity contribution in [2.24, 2.45) is 0 Å². The zero-order chi connectivity index (χ0) is 17.3. The summed E-state index contributed by atoms with van der Waals surface area (Å²) in [6, 6.07) is 1.74. The molecule has 0 bridgehead atoms. The van der Waals surface area contributed by atoms with Crippen LogP contribution in [0.15, 0.2) is 28.2 Å². The van der Waals surface area contributed by atoms with Gasteiger partial charge in [0.15, 0.2) is 0 Å². The topological polar surface area (TPSA) is 101 Å². The van der Waals surface area contributed by atoms with Crippen LogP contribution >= 0.6 is 0 Å². The molecule has 1 fully saturated rings. The lowest BCUT2D eigenvalue weighted by Gasteiger charge is -2.31. The predicted octanol–water partition coefficient (Wildman–Crippen LogP) is 0.863. The smallest absolute Gasteiger partial charge is 0.309 e. The van der Waals surface area contributed by atoms with Gasteiger partial charge in [-0.1, -0.05) is 0 Å². The zero-order valence-electron chi connectivity index (χ0n) is 13.8. The Hall–Kier alpha value is -2.00. The van der Waals surface area contributed by atoms with Crippen LogP contribution in [0.25, 0.3) is 0 Å². The fourth-order valence-electron chi connectivity index (χ4n) is 3.18. The van der Waals surface area contributed by atoms with Gasteiger partial charge < -0.3 is 4.98 Å². The number of rotatable bonds is 4. The number of nitrogens with one attached hydrogen (secondary N) is 1. The third kappa shape index (κ3) is 3.01. The van der Waals surface area contributed by atoms with E-state index in [4.69, 9.17) is 0 Å². The quantitative estimate of drug-likeness (QED) is 0.880. The second-order valence-corrected chi connectivity index (χ2v) is 7.85. The van der Waals surface area contributed by atoms with Crippen LogP contribution in [0.1, 0.15) is 37.1 Å². The number of H-pyrrole nitrogens is 1. The van der Waals surface area contributed by atoms with Crippen LogP contribution in [0.3, 0.4) is 0 Å². The molecule has 1 saturated heterocycles. The minimum atomic E-state index is -3.59. The van der Waals surface area contributed by atoms with E-state index in [1.54, 1.807) is 17.7 Å². The zero-order valence-corrected chi connectivity index (χ0v) is 14.6. The molecule has 3 heterocycles. The van der Waals surface area contributed by atoms with Gasteiger partial charge in [-0.2, -0.15) is 9.40 Å². The molecule has 0 unspecified atom stereocenters. The Kier molecular flexibility index (Phi) is 4.55. The average molecular weight is 351 g/mol. The van der Waals surface area contributed by atoms with Crippen molar-refractivity contribution in [1.82, 2.24) is 24.1 Å². The van der Waals surface area contributed by atoms with Crippen molar-refractivity contribution in [2.75, 3.05) is 13.1 Å². The molecule has 1 atom stereocenters. The summed E-state index contributed by atoms with van der Waals surface area (Å²) < 4.78 is 29.1. The third-order valence-corrected chi connectivity index (χ3v) is 6.46. The maximum atomic E-state index is 13.0. The van der Waals surface area contributed by atoms with E-state index in [1.807, 2.05) is 6.92 Å². The lowest BCUT2D eigenvalue weighted by atomic mass is 9.96. The van der Waals surface area contributed by atoms with Crippen molar-refractivity contribution in [3.63, 3.8) is 0 Å². The van der Waals surface area contributed by atoms with E-state index in [9.17, 15) is 13.2 Å². The van der Waals surface area contributed by atoms with Crippen molar-refractivity contribution in [2.45, 2.75) is 44.0 Å². The second kappa shape index (κ2) is 6.48. The number of nitrogens with zero attached hydrogens (tertiary/aromatic N) is 4. The van der Waals surface area contributed by atoms with E-state index < -0.39 is 15.7 Å². The molecule has 0 saturated carbocycles. The summed E-state index contributed by atoms with van der Waals surface area (Å²) in [7, 11) is -3.59. The van der Waals surface area contributed by atoms with Gasteiger partial charge in [0.2, 0.25) is 10.0 Å². The molecule has 0 aromatic carbocycles. The summed E-state index contributed by atoms with van der Waals surface area (Å²) in [6.07, 6.45) is 4.46. The number of hydrogen-bond acceptors (Lipinski definition) is 5. The summed E-state index contributed by atoms with van der Waals surface area (Å²) in [6.45, 7) is 5.14. The van der Waals surface area contributed by atoms with Crippen molar-refractivity contribution in [1.29, 1.82) is 0 Å². The van der Waals surface area contributed by atoms with Gasteiger partial charge in [-0.05, 0) is 32.8 Å². The van der Waals surface area contributed by atoms with E-state index >= 15 is 0 Å². The lowest BCUT2D eigenvalue weighted by Crippen LogP contribution is -2.39. The molecule has 1 aliphatic heterocycles. The Morgan fingerprint density at radius 1 is 1.42 bits per heavy atom. The van der Waals surface area contributed by atoms with Gasteiger partial charge >= 0.3 is 5.69 Å². The van der Waals surface area contributed by atoms with E-state index in [1.165, 1.54) is 16.7 Å². The Balaban J connectivity index is 1.88. The van der Waals surface area contributed by atoms with Gasteiger partial charge in [0, 0.05) is 37.4 Å². The molecule has 1 N–H and O–H groups in total. The highest BCUT2D eigenvalue weighted by Crippen LogP contribution is 2.29. The average Bonchev–Trinajstić information content (AvgIpc) is 2.96. The first-order valence-corrected chi connectivity index (χ1v) is 9.45. The normalized spacial score (nSPS) is 19.5. The fraction of sp³-hybridized carbons (Fsp3) is 0.533. The van der Waals surface area contributed by atoms with Crippen LogP contribution in [-0.2, 0) is 16.6 Å². The van der Waals surface area contributed by atoms with Crippen LogP contribution in [0.5, 0.6) is 0 Å². The molecule has 8 nitrogen and oxygen atoms in total. The number of piperidine rings is 1. The summed E-state index contributed by atoms with van der Waals surface area (Å²) in [5, 5.41) is 4.14. The molecule has 24 heavy (non-hydrogen) atoms. The van der Waals surface area contributed by atoms with Crippen molar-refractivity contribution in [3.8, 4) is 0 Å². The van der Waals surface area contributed by atoms with Gasteiger partial charge in [0.1, 0.15) is 4.90 Å². The highest BCUT2D eigenvalue weighted by molar-refractivity contribution is 7.89. The van der Waals surface area contributed by atoms with Crippen LogP contribution < -0.4 is 5.69 Å². The fourth-order valence-corrected chi connectivity index (χ4v) is 4.86. The molecular formula is C15H21N5O3S. The minimum Gasteiger partial charge on any atom is -0.309 e. The molecule has 9 heteroatoms.